The standard InChI is InChI=1S/C48H86O12S/c1-3-5-7-9-11-13-15-17-19-21-23-25-27-29-31-33-35-37-44(50)59-41(39-58-48-47(53)46(52)45(51)42(60-48)40-61(54,55)56)38-57-43(49)36-34-32-30-28-26-24-22-20-18-16-14-12-10-8-6-4-2/h5,7,11,13,17,19,41-42,45-48,51-53H,3-4,6,8-10,12,14-16,18,20-40H2,1-2H3,(H,54,55,56)/b7-5-,13-11-,19-17-. The molecule has 1 aliphatic heterocycles. The molecule has 356 valence electrons. The smallest absolute Gasteiger partial charge is 0.306 e. The van der Waals surface area contributed by atoms with Crippen molar-refractivity contribution in [3.8, 4) is 0 Å². The Bertz CT molecular complexity index is 1270. The number of unbranched alkanes of at least 4 members (excludes halogenated alkanes) is 22. The van der Waals surface area contributed by atoms with Gasteiger partial charge < -0.3 is 34.3 Å². The van der Waals surface area contributed by atoms with Gasteiger partial charge in [0.05, 0.1) is 6.61 Å². The van der Waals surface area contributed by atoms with E-state index in [4.69, 9.17) is 18.9 Å². The highest BCUT2D eigenvalue weighted by Crippen LogP contribution is 2.24. The number of hydrogen-bond acceptors (Lipinski definition) is 11. The molecule has 0 aliphatic carbocycles. The second-order valence-corrected chi connectivity index (χ2v) is 18.2. The van der Waals surface area contributed by atoms with Gasteiger partial charge in [0.2, 0.25) is 0 Å². The summed E-state index contributed by atoms with van der Waals surface area (Å²) >= 11 is 0. The molecule has 0 spiro atoms. The van der Waals surface area contributed by atoms with Crippen LogP contribution in [0.15, 0.2) is 36.5 Å². The molecule has 1 heterocycles. The van der Waals surface area contributed by atoms with E-state index in [9.17, 15) is 37.9 Å². The van der Waals surface area contributed by atoms with Crippen LogP contribution in [0, 0.1) is 0 Å². The largest absolute Gasteiger partial charge is 0.462 e. The Balaban J connectivity index is 2.41. The predicted molar refractivity (Wildman–Crippen MR) is 243 cm³/mol. The van der Waals surface area contributed by atoms with Crippen LogP contribution < -0.4 is 0 Å². The van der Waals surface area contributed by atoms with E-state index in [0.717, 1.165) is 83.5 Å². The molecule has 4 N–H and O–H groups in total. The molecular formula is C48H86O12S. The lowest BCUT2D eigenvalue weighted by Gasteiger charge is -2.40. The average Bonchev–Trinajstić information content (AvgIpc) is 3.22. The molecule has 1 aliphatic rings. The first-order chi connectivity index (χ1) is 29.5. The van der Waals surface area contributed by atoms with Crippen molar-refractivity contribution in [1.29, 1.82) is 0 Å². The summed E-state index contributed by atoms with van der Waals surface area (Å²) in [4.78, 5) is 25.5. The minimum atomic E-state index is -4.60. The maximum absolute atomic E-state index is 12.8. The fraction of sp³-hybridized carbons (Fsp3) is 0.833. The van der Waals surface area contributed by atoms with Crippen molar-refractivity contribution in [1.82, 2.24) is 0 Å². The van der Waals surface area contributed by atoms with Gasteiger partial charge >= 0.3 is 11.9 Å². The number of allylic oxidation sites excluding steroid dienone is 6. The Morgan fingerprint density at radius 3 is 1.54 bits per heavy atom. The molecule has 13 heteroatoms. The summed E-state index contributed by atoms with van der Waals surface area (Å²) in [6, 6.07) is 0. The Hall–Kier alpha value is -2.13. The SMILES string of the molecule is CC/C=C\C/C=C\C/C=C\CCCCCCCCCC(=O)OC(COC(=O)CCCCCCCCCCCCCCCCCC)COC1OC(CS(=O)(=O)O)C(O)C(O)C1O. The number of ether oxygens (including phenoxy) is 4. The van der Waals surface area contributed by atoms with Crippen LogP contribution in [-0.2, 0) is 38.7 Å². The molecule has 61 heavy (non-hydrogen) atoms. The highest BCUT2D eigenvalue weighted by Gasteiger charge is 2.46. The first kappa shape index (κ1) is 56.9. The van der Waals surface area contributed by atoms with E-state index in [0.29, 0.717) is 12.8 Å². The number of esters is 2. The zero-order chi connectivity index (χ0) is 44.8. The van der Waals surface area contributed by atoms with E-state index in [2.05, 4.69) is 50.3 Å². The minimum Gasteiger partial charge on any atom is -0.462 e. The van der Waals surface area contributed by atoms with Crippen molar-refractivity contribution in [2.45, 2.75) is 237 Å². The van der Waals surface area contributed by atoms with Crippen LogP contribution in [0.1, 0.15) is 200 Å². The van der Waals surface area contributed by atoms with Crippen LogP contribution in [-0.4, -0.2) is 96.0 Å². The highest BCUT2D eigenvalue weighted by atomic mass is 32.2. The third kappa shape index (κ3) is 33.1. The van der Waals surface area contributed by atoms with Gasteiger partial charge in [0, 0.05) is 12.8 Å². The summed E-state index contributed by atoms with van der Waals surface area (Å²) in [7, 11) is -4.60. The molecule has 0 bridgehead atoms. The number of carbonyl (C=O) groups excluding carboxylic acids is 2. The second-order valence-electron chi connectivity index (χ2n) is 16.8. The quantitative estimate of drug-likeness (QED) is 0.0198. The van der Waals surface area contributed by atoms with Crippen molar-refractivity contribution in [3.05, 3.63) is 36.5 Å². The molecule has 0 amide bonds. The van der Waals surface area contributed by atoms with E-state index in [1.54, 1.807) is 0 Å². The fourth-order valence-corrected chi connectivity index (χ4v) is 7.97. The summed E-state index contributed by atoms with van der Waals surface area (Å²) in [5, 5.41) is 30.9. The van der Waals surface area contributed by atoms with E-state index >= 15 is 0 Å². The van der Waals surface area contributed by atoms with Gasteiger partial charge in [-0.2, -0.15) is 8.42 Å². The lowest BCUT2D eigenvalue weighted by Crippen LogP contribution is -2.60. The number of rotatable bonds is 40. The van der Waals surface area contributed by atoms with Crippen LogP contribution in [0.2, 0.25) is 0 Å². The molecular weight excluding hydrogens is 801 g/mol. The van der Waals surface area contributed by atoms with E-state index < -0.39 is 71.2 Å². The van der Waals surface area contributed by atoms with Gasteiger partial charge in [0.25, 0.3) is 10.1 Å². The summed E-state index contributed by atoms with van der Waals surface area (Å²) in [6.07, 6.45) is 34.7. The zero-order valence-electron chi connectivity index (χ0n) is 38.0. The average molecular weight is 887 g/mol. The van der Waals surface area contributed by atoms with Gasteiger partial charge in [-0.3, -0.25) is 14.1 Å². The minimum absolute atomic E-state index is 0.154. The molecule has 0 saturated carbocycles. The summed E-state index contributed by atoms with van der Waals surface area (Å²) in [6.45, 7) is 3.66. The molecule has 0 aromatic rings. The maximum Gasteiger partial charge on any atom is 0.306 e. The lowest BCUT2D eigenvalue weighted by atomic mass is 10.00. The lowest BCUT2D eigenvalue weighted by molar-refractivity contribution is -0.297. The van der Waals surface area contributed by atoms with E-state index in [-0.39, 0.29) is 19.4 Å². The molecule has 0 aromatic heterocycles. The molecule has 12 nitrogen and oxygen atoms in total. The molecule has 1 rings (SSSR count). The van der Waals surface area contributed by atoms with Crippen molar-refractivity contribution >= 4 is 22.1 Å². The van der Waals surface area contributed by atoms with E-state index in [1.807, 2.05) is 0 Å². The van der Waals surface area contributed by atoms with Crippen LogP contribution in [0.5, 0.6) is 0 Å². The van der Waals surface area contributed by atoms with Gasteiger partial charge in [-0.05, 0) is 44.9 Å². The molecule has 1 saturated heterocycles. The summed E-state index contributed by atoms with van der Waals surface area (Å²) in [5.74, 6) is -1.99. The normalized spacial score (nSPS) is 20.3. The van der Waals surface area contributed by atoms with Crippen LogP contribution >= 0.6 is 0 Å². The topological polar surface area (TPSA) is 186 Å². The van der Waals surface area contributed by atoms with Gasteiger partial charge in [0.1, 0.15) is 36.8 Å². The second kappa shape index (κ2) is 38.3. The zero-order valence-corrected chi connectivity index (χ0v) is 38.8. The van der Waals surface area contributed by atoms with Crippen LogP contribution in [0.4, 0.5) is 0 Å². The van der Waals surface area contributed by atoms with Crippen molar-refractivity contribution < 1.29 is 56.8 Å². The van der Waals surface area contributed by atoms with Crippen molar-refractivity contribution in [2.75, 3.05) is 19.0 Å². The van der Waals surface area contributed by atoms with Crippen molar-refractivity contribution in [2.24, 2.45) is 0 Å². The van der Waals surface area contributed by atoms with Gasteiger partial charge in [0.15, 0.2) is 12.4 Å². The van der Waals surface area contributed by atoms with Gasteiger partial charge in [-0.15, -0.1) is 0 Å². The van der Waals surface area contributed by atoms with E-state index in [1.165, 1.54) is 77.0 Å². The van der Waals surface area contributed by atoms with Gasteiger partial charge in [-0.1, -0.05) is 179 Å². The Morgan fingerprint density at radius 1 is 0.574 bits per heavy atom. The third-order valence-electron chi connectivity index (χ3n) is 11.0. The highest BCUT2D eigenvalue weighted by molar-refractivity contribution is 7.85. The molecule has 1 fully saturated rings. The third-order valence-corrected chi connectivity index (χ3v) is 11.7. The Morgan fingerprint density at radius 2 is 1.03 bits per heavy atom. The Kier molecular flexibility index (Phi) is 35.8. The first-order valence-corrected chi connectivity index (χ1v) is 25.7. The number of carbonyl (C=O) groups is 2. The first-order valence-electron chi connectivity index (χ1n) is 24.0. The monoisotopic (exact) mass is 887 g/mol. The fourth-order valence-electron chi connectivity index (χ4n) is 7.28. The predicted octanol–water partition coefficient (Wildman–Crippen LogP) is 10.2. The molecule has 6 unspecified atom stereocenters. The maximum atomic E-state index is 12.8. The summed E-state index contributed by atoms with van der Waals surface area (Å²) in [5.41, 5.74) is 0. The summed E-state index contributed by atoms with van der Waals surface area (Å²) < 4.78 is 54.1. The van der Waals surface area contributed by atoms with Crippen LogP contribution in [0.3, 0.4) is 0 Å². The molecule has 0 radical (unpaired) electrons. The molecule has 0 aromatic carbocycles. The molecule has 6 atom stereocenters. The number of hydrogen-bond donors (Lipinski definition) is 4. The Labute approximate surface area is 370 Å². The van der Waals surface area contributed by atoms with Crippen molar-refractivity contribution in [3.63, 3.8) is 0 Å². The van der Waals surface area contributed by atoms with Gasteiger partial charge in [-0.25, -0.2) is 0 Å². The van der Waals surface area contributed by atoms with Crippen LogP contribution in [0.25, 0.3) is 0 Å². The number of aliphatic hydroxyl groups excluding tert-OH is 3. The number of aliphatic hydroxyl groups is 3.